The van der Waals surface area contributed by atoms with Crippen LogP contribution in [0.3, 0.4) is 0 Å². The highest BCUT2D eigenvalue weighted by Crippen LogP contribution is 2.23. The SMILES string of the molecule is CC(O)c1nc2cc(N)ccc2n1Cc1nncn1C. The Bertz CT molecular complexity index is 757. The van der Waals surface area contributed by atoms with E-state index in [1.807, 2.05) is 28.3 Å². The third kappa shape index (κ3) is 2.01. The molecule has 0 radical (unpaired) electrons. The summed E-state index contributed by atoms with van der Waals surface area (Å²) in [7, 11) is 1.88. The Balaban J connectivity index is 2.16. The molecule has 1 atom stereocenters. The van der Waals surface area contributed by atoms with Gasteiger partial charge in [0.25, 0.3) is 0 Å². The highest BCUT2D eigenvalue weighted by molar-refractivity contribution is 5.79. The number of hydrogen-bond acceptors (Lipinski definition) is 5. The van der Waals surface area contributed by atoms with Crippen molar-refractivity contribution in [3.05, 3.63) is 36.2 Å². The van der Waals surface area contributed by atoms with Crippen LogP contribution < -0.4 is 5.73 Å². The number of imidazole rings is 1. The van der Waals surface area contributed by atoms with Crippen molar-refractivity contribution in [1.29, 1.82) is 0 Å². The van der Waals surface area contributed by atoms with Crippen molar-refractivity contribution < 1.29 is 5.11 Å². The van der Waals surface area contributed by atoms with E-state index in [1.165, 1.54) is 0 Å². The van der Waals surface area contributed by atoms with Crippen LogP contribution in [0, 0.1) is 0 Å². The van der Waals surface area contributed by atoms with E-state index in [2.05, 4.69) is 15.2 Å². The Morgan fingerprint density at radius 3 is 2.85 bits per heavy atom. The van der Waals surface area contributed by atoms with Gasteiger partial charge in [-0.15, -0.1) is 10.2 Å². The number of rotatable bonds is 3. The Kier molecular flexibility index (Phi) is 2.90. The lowest BCUT2D eigenvalue weighted by atomic mass is 10.3. The molecule has 0 saturated heterocycles. The minimum atomic E-state index is -0.670. The maximum absolute atomic E-state index is 9.92. The predicted molar refractivity (Wildman–Crippen MR) is 74.9 cm³/mol. The summed E-state index contributed by atoms with van der Waals surface area (Å²) in [5.74, 6) is 1.39. The van der Waals surface area contributed by atoms with Crippen LogP contribution in [-0.2, 0) is 13.6 Å². The second-order valence-electron chi connectivity index (χ2n) is 4.84. The van der Waals surface area contributed by atoms with Gasteiger partial charge in [0.05, 0.1) is 17.6 Å². The number of nitrogen functional groups attached to an aromatic ring is 1. The van der Waals surface area contributed by atoms with Gasteiger partial charge >= 0.3 is 0 Å². The van der Waals surface area contributed by atoms with Gasteiger partial charge in [0.15, 0.2) is 5.82 Å². The summed E-state index contributed by atoms with van der Waals surface area (Å²) in [6.45, 7) is 2.19. The lowest BCUT2D eigenvalue weighted by Gasteiger charge is -2.10. The van der Waals surface area contributed by atoms with Gasteiger partial charge in [-0.2, -0.15) is 0 Å². The quantitative estimate of drug-likeness (QED) is 0.689. The Labute approximate surface area is 115 Å². The molecule has 0 saturated carbocycles. The van der Waals surface area contributed by atoms with E-state index in [1.54, 1.807) is 19.3 Å². The molecule has 2 heterocycles. The third-order valence-electron chi connectivity index (χ3n) is 3.28. The van der Waals surface area contributed by atoms with Gasteiger partial charge in [0, 0.05) is 12.7 Å². The molecule has 3 N–H and O–H groups in total. The van der Waals surface area contributed by atoms with Crippen molar-refractivity contribution in [3.8, 4) is 0 Å². The number of hydrogen-bond donors (Lipinski definition) is 2. The molecule has 7 heteroatoms. The van der Waals surface area contributed by atoms with Gasteiger partial charge in [0.2, 0.25) is 0 Å². The predicted octanol–water partition coefficient (Wildman–Crippen LogP) is 0.849. The smallest absolute Gasteiger partial charge is 0.152 e. The molecular weight excluding hydrogens is 256 g/mol. The van der Waals surface area contributed by atoms with E-state index in [0.29, 0.717) is 18.1 Å². The fraction of sp³-hybridized carbons (Fsp3) is 0.308. The van der Waals surface area contributed by atoms with Crippen LogP contribution in [0.2, 0.25) is 0 Å². The summed E-state index contributed by atoms with van der Waals surface area (Å²) in [6.07, 6.45) is 0.978. The molecule has 0 aliphatic rings. The number of nitrogens with two attached hydrogens (primary N) is 1. The zero-order valence-electron chi connectivity index (χ0n) is 11.4. The number of aromatic nitrogens is 5. The normalized spacial score (nSPS) is 12.9. The van der Waals surface area contributed by atoms with Crippen molar-refractivity contribution in [1.82, 2.24) is 24.3 Å². The van der Waals surface area contributed by atoms with Crippen LogP contribution in [-0.4, -0.2) is 29.4 Å². The zero-order chi connectivity index (χ0) is 14.3. The van der Waals surface area contributed by atoms with Gasteiger partial charge in [-0.1, -0.05) is 0 Å². The summed E-state index contributed by atoms with van der Waals surface area (Å²) in [5.41, 5.74) is 8.11. The van der Waals surface area contributed by atoms with E-state index in [9.17, 15) is 5.11 Å². The summed E-state index contributed by atoms with van der Waals surface area (Å²) >= 11 is 0. The van der Waals surface area contributed by atoms with Crippen LogP contribution in [0.5, 0.6) is 0 Å². The number of nitrogens with zero attached hydrogens (tertiary/aromatic N) is 5. The summed E-state index contributed by atoms with van der Waals surface area (Å²) < 4.78 is 3.78. The van der Waals surface area contributed by atoms with Gasteiger partial charge in [-0.3, -0.25) is 0 Å². The van der Waals surface area contributed by atoms with Crippen LogP contribution >= 0.6 is 0 Å². The van der Waals surface area contributed by atoms with E-state index >= 15 is 0 Å². The maximum Gasteiger partial charge on any atom is 0.152 e. The molecule has 0 spiro atoms. The molecular formula is C13H16N6O. The first-order valence-corrected chi connectivity index (χ1v) is 6.33. The van der Waals surface area contributed by atoms with Crippen molar-refractivity contribution in [2.75, 3.05) is 5.73 Å². The average Bonchev–Trinajstić information content (AvgIpc) is 2.95. The van der Waals surface area contributed by atoms with Crippen LogP contribution in [0.15, 0.2) is 24.5 Å². The number of benzene rings is 1. The molecule has 1 aromatic carbocycles. The average molecular weight is 272 g/mol. The first-order valence-electron chi connectivity index (χ1n) is 6.33. The molecule has 20 heavy (non-hydrogen) atoms. The number of aryl methyl sites for hydroxylation is 1. The standard InChI is InChI=1S/C13H16N6O/c1-8(20)13-16-10-5-9(14)3-4-11(10)19(13)6-12-17-15-7-18(12)2/h3-5,7-8,20H,6,14H2,1-2H3. The monoisotopic (exact) mass is 272 g/mol. The fourth-order valence-corrected chi connectivity index (χ4v) is 2.24. The maximum atomic E-state index is 9.92. The number of fused-ring (bicyclic) bond motifs is 1. The van der Waals surface area contributed by atoms with Crippen molar-refractivity contribution in [3.63, 3.8) is 0 Å². The highest BCUT2D eigenvalue weighted by atomic mass is 16.3. The Morgan fingerprint density at radius 1 is 1.40 bits per heavy atom. The molecule has 0 bridgehead atoms. The molecule has 3 aromatic rings. The van der Waals surface area contributed by atoms with E-state index < -0.39 is 6.10 Å². The lowest BCUT2D eigenvalue weighted by Crippen LogP contribution is -2.11. The minimum absolute atomic E-state index is 0.497. The summed E-state index contributed by atoms with van der Waals surface area (Å²) in [6, 6.07) is 5.53. The number of aliphatic hydroxyl groups excluding tert-OH is 1. The highest BCUT2D eigenvalue weighted by Gasteiger charge is 2.16. The van der Waals surface area contributed by atoms with Gasteiger partial charge < -0.3 is 20.0 Å². The molecule has 1 unspecified atom stereocenters. The molecule has 104 valence electrons. The van der Waals surface area contributed by atoms with Crippen molar-refractivity contribution >= 4 is 16.7 Å². The lowest BCUT2D eigenvalue weighted by molar-refractivity contribution is 0.185. The first-order chi connectivity index (χ1) is 9.56. The molecule has 0 aliphatic carbocycles. The number of aliphatic hydroxyl groups is 1. The van der Waals surface area contributed by atoms with E-state index in [-0.39, 0.29) is 0 Å². The topological polar surface area (TPSA) is 94.8 Å². The van der Waals surface area contributed by atoms with Gasteiger partial charge in [-0.05, 0) is 25.1 Å². The molecule has 2 aromatic heterocycles. The summed E-state index contributed by atoms with van der Waals surface area (Å²) in [4.78, 5) is 4.46. The van der Waals surface area contributed by atoms with Crippen molar-refractivity contribution in [2.45, 2.75) is 19.6 Å². The Morgan fingerprint density at radius 2 is 2.20 bits per heavy atom. The second-order valence-corrected chi connectivity index (χ2v) is 4.84. The molecule has 0 aliphatic heterocycles. The number of anilines is 1. The Hall–Kier alpha value is -2.41. The van der Waals surface area contributed by atoms with Crippen LogP contribution in [0.4, 0.5) is 5.69 Å². The molecule has 0 amide bonds. The fourth-order valence-electron chi connectivity index (χ4n) is 2.24. The largest absolute Gasteiger partial charge is 0.399 e. The molecule has 7 nitrogen and oxygen atoms in total. The minimum Gasteiger partial charge on any atom is -0.399 e. The first kappa shape index (κ1) is 12.6. The second kappa shape index (κ2) is 4.61. The van der Waals surface area contributed by atoms with Gasteiger partial charge in [-0.25, -0.2) is 4.98 Å². The third-order valence-corrected chi connectivity index (χ3v) is 3.28. The van der Waals surface area contributed by atoms with E-state index in [0.717, 1.165) is 16.9 Å². The molecule has 0 fully saturated rings. The zero-order valence-corrected chi connectivity index (χ0v) is 11.4. The summed E-state index contributed by atoms with van der Waals surface area (Å²) in [5, 5.41) is 17.9. The van der Waals surface area contributed by atoms with Crippen LogP contribution in [0.25, 0.3) is 11.0 Å². The van der Waals surface area contributed by atoms with E-state index in [4.69, 9.17) is 5.73 Å². The van der Waals surface area contributed by atoms with Gasteiger partial charge in [0.1, 0.15) is 18.3 Å². The van der Waals surface area contributed by atoms with Crippen LogP contribution in [0.1, 0.15) is 24.7 Å². The molecule has 3 rings (SSSR count). The van der Waals surface area contributed by atoms with Crippen molar-refractivity contribution in [2.24, 2.45) is 7.05 Å².